The number of methoxy groups -OCH3 is 1. The zero-order valence-electron chi connectivity index (χ0n) is 24.9. The molecule has 9 nitrogen and oxygen atoms in total. The molecule has 0 unspecified atom stereocenters. The third kappa shape index (κ3) is 5.75. The second-order valence-electron chi connectivity index (χ2n) is 11.7. The van der Waals surface area contributed by atoms with Gasteiger partial charge in [-0.15, -0.1) is 5.10 Å². The number of esters is 1. The van der Waals surface area contributed by atoms with Gasteiger partial charge in [0.05, 0.1) is 23.7 Å². The minimum absolute atomic E-state index is 0.00432. The number of aromatic amines is 1. The van der Waals surface area contributed by atoms with E-state index in [1.54, 1.807) is 9.58 Å². The Kier molecular flexibility index (Phi) is 7.84. The Bertz CT molecular complexity index is 1740. The van der Waals surface area contributed by atoms with E-state index in [9.17, 15) is 22.8 Å². The molecule has 4 aromatic rings. The Hall–Kier alpha value is -4.19. The number of aromatic nitrogens is 4. The van der Waals surface area contributed by atoms with Crippen molar-refractivity contribution in [2.24, 2.45) is 12.5 Å². The predicted molar refractivity (Wildman–Crippen MR) is 154 cm³/mol. The molecule has 0 saturated heterocycles. The minimum Gasteiger partial charge on any atom is -0.478 e. The number of ether oxygens (including phenoxy) is 2. The second kappa shape index (κ2) is 11.1. The van der Waals surface area contributed by atoms with Gasteiger partial charge in [-0.2, -0.15) is 13.2 Å². The van der Waals surface area contributed by atoms with Gasteiger partial charge in [0.1, 0.15) is 11.3 Å². The third-order valence-corrected chi connectivity index (χ3v) is 8.32. The molecule has 2 atom stereocenters. The van der Waals surface area contributed by atoms with Crippen LogP contribution in [0.3, 0.4) is 0 Å². The van der Waals surface area contributed by atoms with Crippen molar-refractivity contribution < 1.29 is 27.4 Å². The highest BCUT2D eigenvalue weighted by Crippen LogP contribution is 2.44. The molecule has 0 spiro atoms. The normalized spacial score (nSPS) is 16.8. The molecule has 0 bridgehead atoms. The molecule has 0 fully saturated rings. The number of benzene rings is 2. The van der Waals surface area contributed by atoms with Gasteiger partial charge in [0.25, 0.3) is 0 Å². The summed E-state index contributed by atoms with van der Waals surface area (Å²) in [5.41, 5.74) is 4.60. The average Bonchev–Trinajstić information content (AvgIpc) is 3.21. The van der Waals surface area contributed by atoms with Crippen LogP contribution in [0.25, 0.3) is 11.0 Å². The van der Waals surface area contributed by atoms with Crippen LogP contribution >= 0.6 is 0 Å². The molecule has 1 N–H and O–H groups in total. The topological polar surface area (TPSA) is 102 Å². The SMILES string of the molecule is COC(=O)C(C)(C)[C@@H](c1ccc(C)c(CN2Cc3[nH]c(=O)ccc3O[C@H](C(F)(F)F)C2)c1)c1ccc2c(nnn2C)c1C. The number of aryl methyl sites for hydroxylation is 3. The Morgan fingerprint density at radius 3 is 2.60 bits per heavy atom. The Labute approximate surface area is 246 Å². The van der Waals surface area contributed by atoms with Gasteiger partial charge in [-0.1, -0.05) is 29.5 Å². The van der Waals surface area contributed by atoms with Crippen LogP contribution in [0.5, 0.6) is 5.75 Å². The molecular weight excluding hydrogens is 563 g/mol. The Morgan fingerprint density at radius 2 is 1.91 bits per heavy atom. The summed E-state index contributed by atoms with van der Waals surface area (Å²) in [5, 5.41) is 8.48. The number of hydrogen-bond donors (Lipinski definition) is 1. The van der Waals surface area contributed by atoms with Crippen LogP contribution in [0.2, 0.25) is 0 Å². The van der Waals surface area contributed by atoms with E-state index in [1.807, 2.05) is 65.1 Å². The molecule has 2 aromatic heterocycles. The fourth-order valence-corrected chi connectivity index (χ4v) is 5.95. The van der Waals surface area contributed by atoms with Gasteiger partial charge in [0, 0.05) is 38.7 Å². The van der Waals surface area contributed by atoms with Gasteiger partial charge in [0.15, 0.2) is 0 Å². The number of alkyl halides is 3. The zero-order valence-corrected chi connectivity index (χ0v) is 24.9. The van der Waals surface area contributed by atoms with Crippen molar-refractivity contribution in [3.05, 3.63) is 86.3 Å². The van der Waals surface area contributed by atoms with Crippen molar-refractivity contribution in [3.63, 3.8) is 0 Å². The molecular formula is C31H34F3N5O4. The monoisotopic (exact) mass is 597 g/mol. The third-order valence-electron chi connectivity index (χ3n) is 8.32. The molecule has 0 saturated carbocycles. The zero-order chi connectivity index (χ0) is 31.3. The number of hydrogen-bond acceptors (Lipinski definition) is 7. The fraction of sp³-hybridized carbons (Fsp3) is 0.419. The Balaban J connectivity index is 1.59. The summed E-state index contributed by atoms with van der Waals surface area (Å²) in [6.45, 7) is 7.24. The summed E-state index contributed by atoms with van der Waals surface area (Å²) in [6, 6.07) is 12.1. The molecule has 43 heavy (non-hydrogen) atoms. The molecule has 12 heteroatoms. The molecule has 2 aromatic carbocycles. The molecule has 5 rings (SSSR count). The summed E-state index contributed by atoms with van der Waals surface area (Å²) < 4.78 is 54.1. The molecule has 3 heterocycles. The van der Waals surface area contributed by atoms with Crippen molar-refractivity contribution in [3.8, 4) is 5.75 Å². The highest BCUT2D eigenvalue weighted by Gasteiger charge is 2.45. The second-order valence-corrected chi connectivity index (χ2v) is 11.7. The van der Waals surface area contributed by atoms with Gasteiger partial charge >= 0.3 is 12.1 Å². The largest absolute Gasteiger partial charge is 0.478 e. The summed E-state index contributed by atoms with van der Waals surface area (Å²) in [4.78, 5) is 29.4. The average molecular weight is 598 g/mol. The van der Waals surface area contributed by atoms with Gasteiger partial charge in [-0.05, 0) is 67.6 Å². The highest BCUT2D eigenvalue weighted by molar-refractivity contribution is 5.82. The number of rotatable bonds is 6. The Morgan fingerprint density at radius 1 is 1.16 bits per heavy atom. The molecule has 0 aliphatic carbocycles. The standard InChI is InChI=1S/C31H34F3N5O4/c1-17-7-8-19(27(30(3,4)29(41)42-6)21-9-10-23-28(18(21)2)36-37-38(23)5)13-20(17)14-39-15-22-24(11-12-26(40)35-22)43-25(16-39)31(32,33)34/h7-13,25,27H,14-16H2,1-6H3,(H,35,40)/t25-,27-/m0/s1. The molecule has 1 aliphatic heterocycles. The van der Waals surface area contributed by atoms with Crippen LogP contribution < -0.4 is 10.3 Å². The van der Waals surface area contributed by atoms with Crippen LogP contribution in [-0.4, -0.2) is 56.8 Å². The van der Waals surface area contributed by atoms with Crippen LogP contribution in [-0.2, 0) is 29.7 Å². The number of fused-ring (bicyclic) bond motifs is 2. The van der Waals surface area contributed by atoms with E-state index in [2.05, 4.69) is 15.3 Å². The predicted octanol–water partition coefficient (Wildman–Crippen LogP) is 4.93. The van der Waals surface area contributed by atoms with Crippen molar-refractivity contribution in [2.75, 3.05) is 13.7 Å². The quantitative estimate of drug-likeness (QED) is 0.315. The first-order chi connectivity index (χ1) is 20.2. The summed E-state index contributed by atoms with van der Waals surface area (Å²) in [7, 11) is 3.16. The molecule has 0 amide bonds. The number of halogens is 3. The smallest absolute Gasteiger partial charge is 0.426 e. The number of nitrogens with zero attached hydrogens (tertiary/aromatic N) is 4. The van der Waals surface area contributed by atoms with Crippen LogP contribution in [0.15, 0.2) is 47.3 Å². The van der Waals surface area contributed by atoms with Crippen LogP contribution in [0.1, 0.15) is 53.3 Å². The maximum absolute atomic E-state index is 14.0. The highest BCUT2D eigenvalue weighted by atomic mass is 19.4. The van der Waals surface area contributed by atoms with Gasteiger partial charge in [0.2, 0.25) is 11.7 Å². The van der Waals surface area contributed by atoms with E-state index in [0.29, 0.717) is 5.52 Å². The summed E-state index contributed by atoms with van der Waals surface area (Å²) >= 11 is 0. The van der Waals surface area contributed by atoms with Crippen LogP contribution in [0, 0.1) is 19.3 Å². The number of pyridine rings is 1. The number of H-pyrrole nitrogens is 1. The lowest BCUT2D eigenvalue weighted by atomic mass is 9.69. The minimum atomic E-state index is -4.61. The first-order valence-corrected chi connectivity index (χ1v) is 13.8. The van der Waals surface area contributed by atoms with Gasteiger partial charge < -0.3 is 14.5 Å². The number of nitrogens with one attached hydrogen (secondary N) is 1. The summed E-state index contributed by atoms with van der Waals surface area (Å²) in [6.07, 6.45) is -6.69. The van der Waals surface area contributed by atoms with E-state index >= 15 is 0 Å². The fourth-order valence-electron chi connectivity index (χ4n) is 5.95. The van der Waals surface area contributed by atoms with E-state index in [-0.39, 0.29) is 24.5 Å². The maximum Gasteiger partial charge on any atom is 0.426 e. The lowest BCUT2D eigenvalue weighted by Crippen LogP contribution is -2.42. The lowest BCUT2D eigenvalue weighted by molar-refractivity contribution is -0.198. The van der Waals surface area contributed by atoms with E-state index in [1.165, 1.54) is 13.2 Å². The van der Waals surface area contributed by atoms with Crippen molar-refractivity contribution in [2.45, 2.75) is 59.0 Å². The van der Waals surface area contributed by atoms with Crippen LogP contribution in [0.4, 0.5) is 13.2 Å². The van der Waals surface area contributed by atoms with E-state index < -0.39 is 41.7 Å². The van der Waals surface area contributed by atoms with Gasteiger partial charge in [-0.3, -0.25) is 14.5 Å². The van der Waals surface area contributed by atoms with E-state index in [0.717, 1.165) is 39.4 Å². The lowest BCUT2D eigenvalue weighted by Gasteiger charge is -2.34. The van der Waals surface area contributed by atoms with Crippen molar-refractivity contribution in [1.82, 2.24) is 24.9 Å². The van der Waals surface area contributed by atoms with Gasteiger partial charge in [-0.25, -0.2) is 4.68 Å². The molecule has 228 valence electrons. The summed E-state index contributed by atoms with van der Waals surface area (Å²) in [5.74, 6) is -0.876. The van der Waals surface area contributed by atoms with Crippen molar-refractivity contribution >= 4 is 17.0 Å². The van der Waals surface area contributed by atoms with Crippen molar-refractivity contribution in [1.29, 1.82) is 0 Å². The first-order valence-electron chi connectivity index (χ1n) is 13.8. The number of carbonyl (C=O) groups excluding carboxylic acids is 1. The maximum atomic E-state index is 14.0. The first kappa shape index (κ1) is 30.3. The molecule has 1 aliphatic rings. The van der Waals surface area contributed by atoms with E-state index in [4.69, 9.17) is 9.47 Å². The molecule has 0 radical (unpaired) electrons. The number of carbonyl (C=O) groups is 1.